The van der Waals surface area contributed by atoms with E-state index in [1.165, 1.54) is 22.3 Å². The highest BCUT2D eigenvalue weighted by Crippen LogP contribution is 2.30. The van der Waals surface area contributed by atoms with Crippen LogP contribution in [0.5, 0.6) is 0 Å². The molecule has 4 rings (SSSR count). The molecule has 0 fully saturated rings. The Morgan fingerprint density at radius 1 is 0.739 bits per heavy atom. The first-order valence-electron chi connectivity index (χ1n) is 7.86. The normalized spacial score (nSPS) is 11.3. The highest BCUT2D eigenvalue weighted by molar-refractivity contribution is 6.03. The van der Waals surface area contributed by atoms with Gasteiger partial charge in [-0.2, -0.15) is 0 Å². The minimum Gasteiger partial charge on any atom is -0.254 e. The first-order chi connectivity index (χ1) is 11.1. The molecule has 0 saturated carbocycles. The van der Waals surface area contributed by atoms with E-state index in [1.54, 1.807) is 0 Å². The average molecular weight is 298 g/mol. The summed E-state index contributed by atoms with van der Waals surface area (Å²) in [5, 5.41) is 2.25. The fourth-order valence-corrected chi connectivity index (χ4v) is 3.45. The minimum atomic E-state index is 0.967. The monoisotopic (exact) mass is 298 g/mol. The molecule has 0 bridgehead atoms. The third-order valence-electron chi connectivity index (χ3n) is 4.37. The van der Waals surface area contributed by atoms with Crippen LogP contribution >= 0.6 is 0 Å². The largest absolute Gasteiger partial charge is 0.254 e. The third kappa shape index (κ3) is 2.27. The van der Waals surface area contributed by atoms with Crippen LogP contribution in [0.3, 0.4) is 0 Å². The molecule has 0 radical (unpaired) electrons. The number of pyridine rings is 2. The Labute approximate surface area is 135 Å². The summed E-state index contributed by atoms with van der Waals surface area (Å²) >= 11 is 0. The van der Waals surface area contributed by atoms with Crippen molar-refractivity contribution in [3.8, 4) is 11.3 Å². The van der Waals surface area contributed by atoms with E-state index in [4.69, 9.17) is 4.98 Å². The molecule has 0 saturated heterocycles. The van der Waals surface area contributed by atoms with Crippen molar-refractivity contribution < 1.29 is 0 Å². The molecule has 23 heavy (non-hydrogen) atoms. The molecule has 0 unspecified atom stereocenters. The van der Waals surface area contributed by atoms with Crippen molar-refractivity contribution in [1.29, 1.82) is 0 Å². The second-order valence-corrected chi connectivity index (χ2v) is 6.18. The van der Waals surface area contributed by atoms with Crippen molar-refractivity contribution in [1.82, 2.24) is 9.97 Å². The summed E-state index contributed by atoms with van der Waals surface area (Å²) in [7, 11) is 0. The Balaban J connectivity index is 2.04. The maximum atomic E-state index is 4.96. The Morgan fingerprint density at radius 3 is 2.13 bits per heavy atom. The van der Waals surface area contributed by atoms with Gasteiger partial charge in [0.05, 0.1) is 16.7 Å². The molecule has 0 spiro atoms. The quantitative estimate of drug-likeness (QED) is 0.441. The van der Waals surface area contributed by atoms with Gasteiger partial charge in [0.25, 0.3) is 0 Å². The highest BCUT2D eigenvalue weighted by Gasteiger charge is 2.10. The summed E-state index contributed by atoms with van der Waals surface area (Å²) in [6.45, 7) is 6.44. The summed E-state index contributed by atoms with van der Waals surface area (Å²) in [5.74, 6) is 0. The molecule has 0 aliphatic rings. The van der Waals surface area contributed by atoms with Gasteiger partial charge in [-0.15, -0.1) is 0 Å². The van der Waals surface area contributed by atoms with Crippen LogP contribution in [0.2, 0.25) is 0 Å². The first kappa shape index (κ1) is 13.9. The van der Waals surface area contributed by atoms with E-state index in [-0.39, 0.29) is 0 Å². The van der Waals surface area contributed by atoms with Crippen molar-refractivity contribution >= 4 is 21.8 Å². The lowest BCUT2D eigenvalue weighted by Crippen LogP contribution is -1.94. The molecule has 0 aliphatic heterocycles. The van der Waals surface area contributed by atoms with E-state index >= 15 is 0 Å². The Bertz CT molecular complexity index is 1030. The van der Waals surface area contributed by atoms with Crippen LogP contribution in [0.15, 0.2) is 54.7 Å². The fourth-order valence-electron chi connectivity index (χ4n) is 3.45. The van der Waals surface area contributed by atoms with Crippen molar-refractivity contribution in [3.05, 3.63) is 71.4 Å². The number of hydrogen-bond donors (Lipinski definition) is 0. The van der Waals surface area contributed by atoms with Crippen molar-refractivity contribution in [2.75, 3.05) is 0 Å². The lowest BCUT2D eigenvalue weighted by atomic mass is 9.96. The van der Waals surface area contributed by atoms with Crippen molar-refractivity contribution in [2.45, 2.75) is 20.8 Å². The van der Waals surface area contributed by atoms with Crippen LogP contribution in [-0.2, 0) is 0 Å². The van der Waals surface area contributed by atoms with E-state index in [0.717, 1.165) is 27.5 Å². The molecule has 0 N–H and O–H groups in total. The number of fused-ring (bicyclic) bond motifs is 3. The fraction of sp³-hybridized carbons (Fsp3) is 0.143. The van der Waals surface area contributed by atoms with Gasteiger partial charge >= 0.3 is 0 Å². The van der Waals surface area contributed by atoms with Crippen molar-refractivity contribution in [2.24, 2.45) is 0 Å². The molecule has 0 amide bonds. The zero-order valence-corrected chi connectivity index (χ0v) is 13.6. The van der Waals surface area contributed by atoms with Gasteiger partial charge in [-0.3, -0.25) is 4.98 Å². The number of aromatic nitrogens is 2. The summed E-state index contributed by atoms with van der Waals surface area (Å²) in [6.07, 6.45) is 1.83. The van der Waals surface area contributed by atoms with E-state index in [0.29, 0.717) is 0 Å². The third-order valence-corrected chi connectivity index (χ3v) is 4.37. The highest BCUT2D eigenvalue weighted by atomic mass is 14.8. The van der Waals surface area contributed by atoms with Gasteiger partial charge in [-0.1, -0.05) is 42.0 Å². The van der Waals surface area contributed by atoms with Crippen LogP contribution in [0.4, 0.5) is 0 Å². The predicted molar refractivity (Wildman–Crippen MR) is 96.7 cm³/mol. The molecule has 2 aromatic heterocycles. The van der Waals surface area contributed by atoms with Gasteiger partial charge in [-0.25, -0.2) is 4.98 Å². The molecular formula is C21H18N2. The summed E-state index contributed by atoms with van der Waals surface area (Å²) in [4.78, 5) is 9.50. The molecule has 2 heteroatoms. The van der Waals surface area contributed by atoms with Crippen LogP contribution < -0.4 is 0 Å². The maximum absolute atomic E-state index is 4.96. The number of hydrogen-bond acceptors (Lipinski definition) is 2. The second-order valence-electron chi connectivity index (χ2n) is 6.18. The number of rotatable bonds is 1. The molecule has 112 valence electrons. The maximum Gasteiger partial charge on any atom is 0.0972 e. The predicted octanol–water partition coefficient (Wildman–Crippen LogP) is 5.38. The lowest BCUT2D eigenvalue weighted by molar-refractivity contribution is 1.28. The van der Waals surface area contributed by atoms with E-state index in [9.17, 15) is 0 Å². The zero-order chi connectivity index (χ0) is 16.0. The molecule has 0 atom stereocenters. The van der Waals surface area contributed by atoms with Gasteiger partial charge in [0.1, 0.15) is 0 Å². The van der Waals surface area contributed by atoms with Gasteiger partial charge in [-0.05, 0) is 44.0 Å². The van der Waals surface area contributed by atoms with Crippen molar-refractivity contribution in [3.63, 3.8) is 0 Å². The minimum absolute atomic E-state index is 0.967. The smallest absolute Gasteiger partial charge is 0.0972 e. The van der Waals surface area contributed by atoms with Gasteiger partial charge in [0, 0.05) is 22.5 Å². The molecule has 2 heterocycles. The van der Waals surface area contributed by atoms with Gasteiger partial charge in [0.15, 0.2) is 0 Å². The van der Waals surface area contributed by atoms with E-state index in [1.807, 2.05) is 12.3 Å². The van der Waals surface area contributed by atoms with Crippen LogP contribution in [-0.4, -0.2) is 9.97 Å². The second kappa shape index (κ2) is 5.17. The number of nitrogens with zero attached hydrogens (tertiary/aromatic N) is 2. The van der Waals surface area contributed by atoms with Crippen LogP contribution in [0.1, 0.15) is 16.7 Å². The van der Waals surface area contributed by atoms with E-state index in [2.05, 4.69) is 68.2 Å². The van der Waals surface area contributed by atoms with Crippen LogP contribution in [0.25, 0.3) is 33.1 Å². The Hall–Kier alpha value is -2.74. The molecule has 2 aromatic carbocycles. The SMILES string of the molecule is Cc1cc(C)c(-c2ccc3ccc4cccnc4c3n2)c(C)c1. The Morgan fingerprint density at radius 2 is 1.39 bits per heavy atom. The molecule has 0 aliphatic carbocycles. The first-order valence-corrected chi connectivity index (χ1v) is 7.86. The summed E-state index contributed by atoms with van der Waals surface area (Å²) in [6, 6.07) is 17.0. The molecular weight excluding hydrogens is 280 g/mol. The number of aryl methyl sites for hydroxylation is 3. The van der Waals surface area contributed by atoms with E-state index < -0.39 is 0 Å². The average Bonchev–Trinajstić information content (AvgIpc) is 2.54. The topological polar surface area (TPSA) is 25.8 Å². The Kier molecular flexibility index (Phi) is 3.12. The van der Waals surface area contributed by atoms with Gasteiger partial charge in [0.2, 0.25) is 0 Å². The van der Waals surface area contributed by atoms with Crippen LogP contribution in [0, 0.1) is 20.8 Å². The molecule has 4 aromatic rings. The summed E-state index contributed by atoms with van der Waals surface area (Å²) in [5.41, 5.74) is 8.01. The summed E-state index contributed by atoms with van der Waals surface area (Å²) < 4.78 is 0. The molecule has 2 nitrogen and oxygen atoms in total. The number of benzene rings is 2. The lowest BCUT2D eigenvalue weighted by Gasteiger charge is -2.12. The zero-order valence-electron chi connectivity index (χ0n) is 13.6. The standard InChI is InChI=1S/C21H18N2/c1-13-11-14(2)19(15(3)12-13)18-9-8-17-7-6-16-5-4-10-22-20(16)21(17)23-18/h4-12H,1-3H3. The van der Waals surface area contributed by atoms with Gasteiger partial charge < -0.3 is 0 Å².